The van der Waals surface area contributed by atoms with Crippen LogP contribution >= 0.6 is 0 Å². The molecule has 21 heavy (non-hydrogen) atoms. The maximum atomic E-state index is 12.6. The largest absolute Gasteiger partial charge is 0.507 e. The third-order valence-electron chi connectivity index (χ3n) is 3.10. The summed E-state index contributed by atoms with van der Waals surface area (Å²) in [4.78, 5) is 2.86. The smallest absolute Gasteiger partial charge is 0.416 e. The van der Waals surface area contributed by atoms with Gasteiger partial charge in [-0.25, -0.2) is 0 Å². The molecular formula is C13H9F3N4O. The van der Waals surface area contributed by atoms with Crippen LogP contribution in [0.1, 0.15) is 5.56 Å². The average Bonchev–Trinajstić information content (AvgIpc) is 2.89. The summed E-state index contributed by atoms with van der Waals surface area (Å²) in [7, 11) is 0. The van der Waals surface area contributed by atoms with Crippen molar-refractivity contribution in [2.45, 2.75) is 6.18 Å². The van der Waals surface area contributed by atoms with Gasteiger partial charge in [0.05, 0.1) is 11.1 Å². The van der Waals surface area contributed by atoms with E-state index in [1.54, 1.807) is 12.3 Å². The first-order valence-electron chi connectivity index (χ1n) is 5.88. The predicted molar refractivity (Wildman–Crippen MR) is 70.4 cm³/mol. The van der Waals surface area contributed by atoms with Gasteiger partial charge < -0.3 is 15.8 Å². The molecule has 0 saturated carbocycles. The number of fused-ring (bicyclic) bond motifs is 1. The van der Waals surface area contributed by atoms with Crippen molar-refractivity contribution < 1.29 is 18.3 Å². The Bertz CT molecular complexity index is 826. The summed E-state index contributed by atoms with van der Waals surface area (Å²) in [5, 5.41) is 18.0. The molecule has 0 radical (unpaired) electrons. The van der Waals surface area contributed by atoms with Crippen LogP contribution in [0.4, 0.5) is 19.0 Å². The fraction of sp³-hybridized carbons (Fsp3) is 0.0769. The van der Waals surface area contributed by atoms with E-state index in [0.29, 0.717) is 17.0 Å². The normalized spacial score (nSPS) is 12.0. The second-order valence-electron chi connectivity index (χ2n) is 4.43. The Balaban J connectivity index is 2.20. The summed E-state index contributed by atoms with van der Waals surface area (Å²) in [6.07, 6.45) is -2.92. The molecule has 0 saturated heterocycles. The van der Waals surface area contributed by atoms with Gasteiger partial charge in [0.25, 0.3) is 0 Å². The lowest BCUT2D eigenvalue weighted by Crippen LogP contribution is -2.04. The number of phenolic OH excluding ortho intramolecular Hbond substituents is 1. The molecule has 1 aromatic carbocycles. The fourth-order valence-corrected chi connectivity index (χ4v) is 2.09. The van der Waals surface area contributed by atoms with Crippen molar-refractivity contribution in [3.05, 3.63) is 36.0 Å². The number of hydrogen-bond acceptors (Lipinski definition) is 4. The van der Waals surface area contributed by atoms with Crippen LogP contribution in [0.3, 0.4) is 0 Å². The maximum Gasteiger partial charge on any atom is 0.416 e. The Labute approximate surface area is 116 Å². The van der Waals surface area contributed by atoms with E-state index >= 15 is 0 Å². The number of nitrogens with one attached hydrogen (secondary N) is 1. The van der Waals surface area contributed by atoms with E-state index in [-0.39, 0.29) is 17.1 Å². The number of phenols is 1. The lowest BCUT2D eigenvalue weighted by atomic mass is 10.0. The molecule has 3 aromatic rings. The van der Waals surface area contributed by atoms with Crippen molar-refractivity contribution in [1.82, 2.24) is 15.2 Å². The highest BCUT2D eigenvalue weighted by molar-refractivity contribution is 5.98. The summed E-state index contributed by atoms with van der Waals surface area (Å²) in [6.45, 7) is 0. The number of halogens is 3. The first-order chi connectivity index (χ1) is 9.88. The van der Waals surface area contributed by atoms with Gasteiger partial charge in [-0.1, -0.05) is 0 Å². The minimum atomic E-state index is -4.52. The first-order valence-corrected chi connectivity index (χ1v) is 5.88. The van der Waals surface area contributed by atoms with E-state index in [0.717, 1.165) is 12.1 Å². The van der Waals surface area contributed by atoms with Crippen molar-refractivity contribution in [3.63, 3.8) is 0 Å². The second-order valence-corrected chi connectivity index (χ2v) is 4.43. The minimum Gasteiger partial charge on any atom is -0.507 e. The molecule has 0 fully saturated rings. The fourth-order valence-electron chi connectivity index (χ4n) is 2.09. The molecule has 108 valence electrons. The van der Waals surface area contributed by atoms with Gasteiger partial charge in [-0.15, -0.1) is 10.2 Å². The molecule has 0 spiro atoms. The number of hydrogen-bond donors (Lipinski definition) is 3. The number of anilines is 1. The van der Waals surface area contributed by atoms with Gasteiger partial charge in [-0.2, -0.15) is 13.2 Å². The highest BCUT2D eigenvalue weighted by Crippen LogP contribution is 2.38. The molecule has 0 aliphatic heterocycles. The Hall–Kier alpha value is -2.77. The molecule has 5 nitrogen and oxygen atoms in total. The molecule has 2 aromatic heterocycles. The molecule has 0 bridgehead atoms. The zero-order chi connectivity index (χ0) is 15.2. The lowest BCUT2D eigenvalue weighted by Gasteiger charge is -2.10. The van der Waals surface area contributed by atoms with Crippen LogP contribution in [0.5, 0.6) is 5.75 Å². The van der Waals surface area contributed by atoms with Crippen LogP contribution < -0.4 is 5.73 Å². The molecule has 0 amide bonds. The molecule has 3 rings (SSSR count). The summed E-state index contributed by atoms with van der Waals surface area (Å²) in [5.74, 6) is -0.350. The Morgan fingerprint density at radius 1 is 1.14 bits per heavy atom. The number of nitrogens with zero attached hydrogens (tertiary/aromatic N) is 2. The average molecular weight is 294 g/mol. The Kier molecular flexibility index (Phi) is 2.75. The van der Waals surface area contributed by atoms with E-state index in [1.807, 2.05) is 0 Å². The van der Waals surface area contributed by atoms with Gasteiger partial charge in [-0.05, 0) is 24.3 Å². The SMILES string of the molecule is Nc1nnc(-c2ccc(C(F)(F)F)cc2O)c2cc[nH]c12. The van der Waals surface area contributed by atoms with Gasteiger partial charge in [0, 0.05) is 17.1 Å². The molecule has 4 N–H and O–H groups in total. The van der Waals surface area contributed by atoms with Gasteiger partial charge >= 0.3 is 6.18 Å². The van der Waals surface area contributed by atoms with Gasteiger partial charge in [0.15, 0.2) is 5.82 Å². The third-order valence-corrected chi connectivity index (χ3v) is 3.10. The van der Waals surface area contributed by atoms with Crippen molar-refractivity contribution >= 4 is 16.7 Å². The van der Waals surface area contributed by atoms with Crippen LogP contribution in [0.25, 0.3) is 22.2 Å². The highest BCUT2D eigenvalue weighted by atomic mass is 19.4. The van der Waals surface area contributed by atoms with Crippen LogP contribution in [0, 0.1) is 0 Å². The number of aromatic nitrogens is 3. The zero-order valence-electron chi connectivity index (χ0n) is 10.4. The highest BCUT2D eigenvalue weighted by Gasteiger charge is 2.31. The number of nitrogens with two attached hydrogens (primary N) is 1. The van der Waals surface area contributed by atoms with Crippen LogP contribution in [-0.4, -0.2) is 20.3 Å². The number of aromatic hydroxyl groups is 1. The Morgan fingerprint density at radius 3 is 2.57 bits per heavy atom. The van der Waals surface area contributed by atoms with Gasteiger partial charge in [0.2, 0.25) is 0 Å². The topological polar surface area (TPSA) is 87.8 Å². The molecular weight excluding hydrogens is 285 g/mol. The van der Waals surface area contributed by atoms with E-state index in [2.05, 4.69) is 15.2 Å². The van der Waals surface area contributed by atoms with Crippen molar-refractivity contribution in [2.24, 2.45) is 0 Å². The lowest BCUT2D eigenvalue weighted by molar-refractivity contribution is -0.137. The number of rotatable bonds is 1. The number of alkyl halides is 3. The monoisotopic (exact) mass is 294 g/mol. The Morgan fingerprint density at radius 2 is 1.90 bits per heavy atom. The quantitative estimate of drug-likeness (QED) is 0.644. The second kappa shape index (κ2) is 4.37. The zero-order valence-corrected chi connectivity index (χ0v) is 10.4. The number of H-pyrrole nitrogens is 1. The van der Waals surface area contributed by atoms with E-state index in [1.165, 1.54) is 0 Å². The van der Waals surface area contributed by atoms with E-state index < -0.39 is 17.5 Å². The van der Waals surface area contributed by atoms with Gasteiger partial charge in [-0.3, -0.25) is 0 Å². The summed E-state index contributed by atoms with van der Waals surface area (Å²) >= 11 is 0. The molecule has 0 aliphatic rings. The van der Waals surface area contributed by atoms with E-state index in [4.69, 9.17) is 5.73 Å². The van der Waals surface area contributed by atoms with Crippen LogP contribution in [0.15, 0.2) is 30.5 Å². The van der Waals surface area contributed by atoms with Gasteiger partial charge in [0.1, 0.15) is 11.4 Å². The summed E-state index contributed by atoms with van der Waals surface area (Å²) in [5.41, 5.74) is 5.64. The predicted octanol–water partition coefficient (Wildman–Crippen LogP) is 2.93. The molecule has 8 heteroatoms. The molecule has 0 atom stereocenters. The standard InChI is InChI=1S/C13H9F3N4O/c14-13(15,16)6-1-2-7(9(21)5-6)10-8-3-4-18-11(8)12(17)20-19-10/h1-5,18,21H,(H2,17,20). The summed E-state index contributed by atoms with van der Waals surface area (Å²) < 4.78 is 37.8. The number of nitrogen functional groups attached to an aromatic ring is 1. The molecule has 2 heterocycles. The van der Waals surface area contributed by atoms with Crippen molar-refractivity contribution in [1.29, 1.82) is 0 Å². The van der Waals surface area contributed by atoms with Crippen molar-refractivity contribution in [2.75, 3.05) is 5.73 Å². The van der Waals surface area contributed by atoms with Crippen LogP contribution in [-0.2, 0) is 6.18 Å². The van der Waals surface area contributed by atoms with E-state index in [9.17, 15) is 18.3 Å². The van der Waals surface area contributed by atoms with Crippen molar-refractivity contribution in [3.8, 4) is 17.0 Å². The maximum absolute atomic E-state index is 12.6. The summed E-state index contributed by atoms with van der Waals surface area (Å²) in [6, 6.07) is 4.36. The molecule has 0 aliphatic carbocycles. The third kappa shape index (κ3) is 2.14. The molecule has 0 unspecified atom stereocenters. The number of aromatic amines is 1. The minimum absolute atomic E-state index is 0.153. The first kappa shape index (κ1) is 13.2. The number of benzene rings is 1. The van der Waals surface area contributed by atoms with Crippen LogP contribution in [0.2, 0.25) is 0 Å².